The number of nitrogens with one attached hydrogen (secondary N) is 1. The maximum atomic E-state index is 9.04. The fraction of sp³-hybridized carbons (Fsp3) is 0.357. The maximum Gasteiger partial charge on any atom is 0.0733 e. The molecule has 3 nitrogen and oxygen atoms in total. The molecule has 0 aliphatic rings. The van der Waals surface area contributed by atoms with Gasteiger partial charge in [-0.05, 0) is 37.1 Å². The number of nitrogens with zero attached hydrogens (tertiary/aromatic N) is 1. The molecule has 18 heavy (non-hydrogen) atoms. The van der Waals surface area contributed by atoms with Crippen molar-refractivity contribution in [3.63, 3.8) is 0 Å². The van der Waals surface area contributed by atoms with Gasteiger partial charge in [0.25, 0.3) is 0 Å². The van der Waals surface area contributed by atoms with Crippen LogP contribution in [0, 0.1) is 0 Å². The van der Waals surface area contributed by atoms with Gasteiger partial charge in [-0.3, -0.25) is 4.98 Å². The van der Waals surface area contributed by atoms with Crippen LogP contribution in [0.25, 0.3) is 10.9 Å². The Morgan fingerprint density at radius 2 is 2.22 bits per heavy atom. The number of benzene rings is 1. The van der Waals surface area contributed by atoms with Crippen LogP contribution in [0.2, 0.25) is 0 Å². The molecule has 4 heteroatoms. The Morgan fingerprint density at radius 1 is 1.39 bits per heavy atom. The van der Waals surface area contributed by atoms with Gasteiger partial charge < -0.3 is 10.4 Å². The van der Waals surface area contributed by atoms with Crippen LogP contribution in [-0.4, -0.2) is 22.7 Å². The number of halogens is 1. The van der Waals surface area contributed by atoms with Gasteiger partial charge in [-0.15, -0.1) is 0 Å². The lowest BCUT2D eigenvalue weighted by Gasteiger charge is -2.18. The van der Waals surface area contributed by atoms with Crippen molar-refractivity contribution in [1.29, 1.82) is 0 Å². The maximum absolute atomic E-state index is 9.04. The molecule has 0 aliphatic heterocycles. The predicted molar refractivity (Wildman–Crippen MR) is 78.8 cm³/mol. The summed E-state index contributed by atoms with van der Waals surface area (Å²) in [7, 11) is 0. The minimum absolute atomic E-state index is 0.208. The summed E-state index contributed by atoms with van der Waals surface area (Å²) < 4.78 is 1.03. The number of anilines is 1. The minimum atomic E-state index is 0.208. The highest BCUT2D eigenvalue weighted by atomic mass is 79.9. The lowest BCUT2D eigenvalue weighted by molar-refractivity contribution is 0.278. The van der Waals surface area contributed by atoms with E-state index in [1.54, 1.807) is 0 Å². The molecule has 96 valence electrons. The third-order valence-electron chi connectivity index (χ3n) is 3.03. The third kappa shape index (κ3) is 3.00. The molecule has 0 radical (unpaired) electrons. The molecular formula is C14H17BrN2O. The summed E-state index contributed by atoms with van der Waals surface area (Å²) in [5, 5.41) is 13.6. The molecule has 2 N–H and O–H groups in total. The number of aliphatic hydroxyl groups excluding tert-OH is 1. The van der Waals surface area contributed by atoms with Crippen LogP contribution < -0.4 is 5.32 Å². The fourth-order valence-electron chi connectivity index (χ4n) is 2.00. The van der Waals surface area contributed by atoms with E-state index in [-0.39, 0.29) is 6.61 Å². The second-order valence-electron chi connectivity index (χ2n) is 4.28. The smallest absolute Gasteiger partial charge is 0.0733 e. The second-order valence-corrected chi connectivity index (χ2v) is 5.20. The molecule has 1 heterocycles. The molecular weight excluding hydrogens is 292 g/mol. The lowest BCUT2D eigenvalue weighted by Crippen LogP contribution is -2.19. The minimum Gasteiger partial charge on any atom is -0.396 e. The van der Waals surface area contributed by atoms with E-state index < -0.39 is 0 Å². The van der Waals surface area contributed by atoms with Crippen molar-refractivity contribution in [2.24, 2.45) is 0 Å². The topological polar surface area (TPSA) is 45.1 Å². The molecule has 0 saturated carbocycles. The molecule has 1 unspecified atom stereocenters. The number of hydrogen-bond acceptors (Lipinski definition) is 3. The normalized spacial score (nSPS) is 12.6. The van der Waals surface area contributed by atoms with Gasteiger partial charge in [0.2, 0.25) is 0 Å². The summed E-state index contributed by atoms with van der Waals surface area (Å²) in [5.74, 6) is 0. The Labute approximate surface area is 115 Å². The Balaban J connectivity index is 2.32. The summed E-state index contributed by atoms with van der Waals surface area (Å²) in [4.78, 5) is 4.36. The Morgan fingerprint density at radius 3 is 2.94 bits per heavy atom. The molecule has 0 saturated heterocycles. The number of aliphatic hydroxyl groups is 1. The van der Waals surface area contributed by atoms with E-state index in [2.05, 4.69) is 39.2 Å². The highest BCUT2D eigenvalue weighted by Gasteiger charge is 2.08. The number of aromatic nitrogens is 1. The van der Waals surface area contributed by atoms with Crippen molar-refractivity contribution in [3.05, 3.63) is 34.9 Å². The average Bonchev–Trinajstić information content (AvgIpc) is 2.38. The van der Waals surface area contributed by atoms with Gasteiger partial charge in [0.15, 0.2) is 0 Å². The van der Waals surface area contributed by atoms with Crippen molar-refractivity contribution in [3.8, 4) is 0 Å². The largest absolute Gasteiger partial charge is 0.396 e. The zero-order valence-corrected chi connectivity index (χ0v) is 11.9. The van der Waals surface area contributed by atoms with E-state index in [9.17, 15) is 0 Å². The van der Waals surface area contributed by atoms with Crippen molar-refractivity contribution >= 4 is 32.5 Å². The second kappa shape index (κ2) is 6.16. The molecule has 1 atom stereocenters. The van der Waals surface area contributed by atoms with Crippen LogP contribution in [0.4, 0.5) is 5.69 Å². The number of rotatable bonds is 5. The van der Waals surface area contributed by atoms with E-state index in [4.69, 9.17) is 5.11 Å². The van der Waals surface area contributed by atoms with Gasteiger partial charge in [0.1, 0.15) is 0 Å². The molecule has 1 aromatic carbocycles. The molecule has 1 aromatic heterocycles. The lowest BCUT2D eigenvalue weighted by atomic mass is 10.1. The van der Waals surface area contributed by atoms with Crippen molar-refractivity contribution < 1.29 is 5.11 Å². The van der Waals surface area contributed by atoms with Crippen LogP contribution >= 0.6 is 15.9 Å². The van der Waals surface area contributed by atoms with Gasteiger partial charge >= 0.3 is 0 Å². The van der Waals surface area contributed by atoms with Gasteiger partial charge in [-0.1, -0.05) is 22.9 Å². The van der Waals surface area contributed by atoms with Crippen molar-refractivity contribution in [2.45, 2.75) is 25.8 Å². The zero-order chi connectivity index (χ0) is 13.0. The molecule has 0 aliphatic carbocycles. The summed E-state index contributed by atoms with van der Waals surface area (Å²) >= 11 is 3.45. The molecule has 0 spiro atoms. The molecule has 0 amide bonds. The first-order chi connectivity index (χ1) is 8.74. The van der Waals surface area contributed by atoms with Crippen molar-refractivity contribution in [1.82, 2.24) is 4.98 Å². The van der Waals surface area contributed by atoms with Gasteiger partial charge in [0.05, 0.1) is 5.52 Å². The van der Waals surface area contributed by atoms with Gasteiger partial charge in [-0.2, -0.15) is 0 Å². The average molecular weight is 309 g/mol. The molecule has 0 fully saturated rings. The third-order valence-corrected chi connectivity index (χ3v) is 3.53. The van der Waals surface area contributed by atoms with Crippen LogP contribution in [0.15, 0.2) is 34.9 Å². The SMILES string of the molecule is CCC(CCO)Nc1ccnc2cc(Br)ccc12. The first kappa shape index (κ1) is 13.3. The van der Waals surface area contributed by atoms with Crippen molar-refractivity contribution in [2.75, 3.05) is 11.9 Å². The van der Waals surface area contributed by atoms with E-state index in [1.165, 1.54) is 0 Å². The Hall–Kier alpha value is -1.13. The monoisotopic (exact) mass is 308 g/mol. The van der Waals surface area contributed by atoms with Crippen LogP contribution in [0.5, 0.6) is 0 Å². The highest BCUT2D eigenvalue weighted by Crippen LogP contribution is 2.25. The molecule has 2 aromatic rings. The zero-order valence-electron chi connectivity index (χ0n) is 10.4. The number of fused-ring (bicyclic) bond motifs is 1. The first-order valence-electron chi connectivity index (χ1n) is 6.16. The first-order valence-corrected chi connectivity index (χ1v) is 6.95. The summed E-state index contributed by atoms with van der Waals surface area (Å²) in [6.07, 6.45) is 3.56. The summed E-state index contributed by atoms with van der Waals surface area (Å²) in [6.45, 7) is 2.33. The predicted octanol–water partition coefficient (Wildman–Crippen LogP) is 3.57. The summed E-state index contributed by atoms with van der Waals surface area (Å²) in [5.41, 5.74) is 2.04. The van der Waals surface area contributed by atoms with Crippen LogP contribution in [0.1, 0.15) is 19.8 Å². The van der Waals surface area contributed by atoms with Crippen LogP contribution in [0.3, 0.4) is 0 Å². The fourth-order valence-corrected chi connectivity index (χ4v) is 2.35. The number of hydrogen-bond donors (Lipinski definition) is 2. The quantitative estimate of drug-likeness (QED) is 0.887. The van der Waals surface area contributed by atoms with Gasteiger partial charge in [0, 0.05) is 34.4 Å². The van der Waals surface area contributed by atoms with Gasteiger partial charge in [-0.25, -0.2) is 0 Å². The highest BCUT2D eigenvalue weighted by molar-refractivity contribution is 9.10. The van der Waals surface area contributed by atoms with E-state index >= 15 is 0 Å². The Kier molecular flexibility index (Phi) is 4.55. The standard InChI is InChI=1S/C14H17BrN2O/c1-2-11(6-8-18)17-13-5-7-16-14-9-10(15)3-4-12(13)14/h3-5,7,9,11,18H,2,6,8H2,1H3,(H,16,17). The summed E-state index contributed by atoms with van der Waals surface area (Å²) in [6, 6.07) is 8.36. The number of pyridine rings is 1. The molecule has 2 rings (SSSR count). The van der Waals surface area contributed by atoms with E-state index in [0.29, 0.717) is 6.04 Å². The Bertz CT molecular complexity index is 530. The van der Waals surface area contributed by atoms with Crippen LogP contribution in [-0.2, 0) is 0 Å². The van der Waals surface area contributed by atoms with E-state index in [0.717, 1.165) is 33.9 Å². The molecule has 0 bridgehead atoms. The van der Waals surface area contributed by atoms with E-state index in [1.807, 2.05) is 24.4 Å².